The molecule has 3 rings (SSSR count). The van der Waals surface area contributed by atoms with Crippen LogP contribution in [0, 0.1) is 9.39 Å². The summed E-state index contributed by atoms with van der Waals surface area (Å²) in [6, 6.07) is 15.6. The maximum absolute atomic E-state index is 13.2. The van der Waals surface area contributed by atoms with Gasteiger partial charge in [-0.1, -0.05) is 48.0 Å². The third-order valence-corrected chi connectivity index (χ3v) is 4.72. The Morgan fingerprint density at radius 2 is 1.62 bits per heavy atom. The molecule has 106 valence electrons. The molecule has 3 aromatic rings. The van der Waals surface area contributed by atoms with Crippen molar-refractivity contribution in [3.05, 3.63) is 80.1 Å². The van der Waals surface area contributed by atoms with E-state index < -0.39 is 6.10 Å². The van der Waals surface area contributed by atoms with E-state index in [1.165, 1.54) is 12.1 Å². The van der Waals surface area contributed by atoms with Crippen LogP contribution < -0.4 is 0 Å². The summed E-state index contributed by atoms with van der Waals surface area (Å²) in [5.74, 6) is -0.309. The molecule has 1 atom stereocenters. The Balaban J connectivity index is 2.18. The van der Waals surface area contributed by atoms with Crippen LogP contribution in [0.4, 0.5) is 4.39 Å². The fraction of sp³-hybridized carbons (Fsp3) is 0.0588. The predicted octanol–water partition coefficient (Wildman–Crippen LogP) is 5.32. The molecule has 0 heterocycles. The van der Waals surface area contributed by atoms with Crippen molar-refractivity contribution in [2.75, 3.05) is 0 Å². The molecule has 21 heavy (non-hydrogen) atoms. The maximum Gasteiger partial charge on any atom is 0.124 e. The average Bonchev–Trinajstić information content (AvgIpc) is 2.47. The van der Waals surface area contributed by atoms with E-state index in [4.69, 9.17) is 11.6 Å². The van der Waals surface area contributed by atoms with Crippen molar-refractivity contribution < 1.29 is 9.50 Å². The Kier molecular flexibility index (Phi) is 4.15. The number of fused-ring (bicyclic) bond motifs is 1. The van der Waals surface area contributed by atoms with Crippen LogP contribution in [0.15, 0.2) is 54.6 Å². The zero-order chi connectivity index (χ0) is 15.0. The molecule has 4 heteroatoms. The van der Waals surface area contributed by atoms with Gasteiger partial charge < -0.3 is 5.11 Å². The van der Waals surface area contributed by atoms with E-state index in [1.807, 2.05) is 52.9 Å². The quantitative estimate of drug-likeness (QED) is 0.565. The lowest BCUT2D eigenvalue weighted by molar-refractivity contribution is 0.221. The zero-order valence-corrected chi connectivity index (χ0v) is 13.8. The second kappa shape index (κ2) is 5.91. The van der Waals surface area contributed by atoms with E-state index in [0.717, 1.165) is 16.3 Å². The van der Waals surface area contributed by atoms with E-state index in [-0.39, 0.29) is 5.82 Å². The monoisotopic (exact) mass is 412 g/mol. The van der Waals surface area contributed by atoms with Gasteiger partial charge in [0.15, 0.2) is 0 Å². The summed E-state index contributed by atoms with van der Waals surface area (Å²) in [5.41, 5.74) is 1.45. The van der Waals surface area contributed by atoms with Gasteiger partial charge in [-0.25, -0.2) is 4.39 Å². The first-order chi connectivity index (χ1) is 10.1. The van der Waals surface area contributed by atoms with Gasteiger partial charge in [0.2, 0.25) is 0 Å². The molecule has 0 aliphatic carbocycles. The smallest absolute Gasteiger partial charge is 0.124 e. The lowest BCUT2D eigenvalue weighted by Crippen LogP contribution is -2.03. The van der Waals surface area contributed by atoms with Crippen LogP contribution in [0.1, 0.15) is 17.2 Å². The summed E-state index contributed by atoms with van der Waals surface area (Å²) in [6.45, 7) is 0. The first-order valence-electron chi connectivity index (χ1n) is 6.38. The Hall–Kier alpha value is -1.17. The van der Waals surface area contributed by atoms with Gasteiger partial charge in [-0.15, -0.1) is 0 Å². The lowest BCUT2D eigenvalue weighted by atomic mass is 9.96. The fourth-order valence-corrected chi connectivity index (χ4v) is 3.41. The SMILES string of the molecule is OC(c1ccc(F)cc1I)c1ccc(Cl)c2ccccc12. The number of halogens is 3. The summed E-state index contributed by atoms with van der Waals surface area (Å²) in [6.07, 6.45) is -0.820. The van der Waals surface area contributed by atoms with Gasteiger partial charge in [0.05, 0.1) is 0 Å². The maximum atomic E-state index is 13.2. The minimum absolute atomic E-state index is 0.309. The summed E-state index contributed by atoms with van der Waals surface area (Å²) in [7, 11) is 0. The van der Waals surface area contributed by atoms with Crippen molar-refractivity contribution in [1.82, 2.24) is 0 Å². The van der Waals surface area contributed by atoms with Crippen LogP contribution in [0.25, 0.3) is 10.8 Å². The highest BCUT2D eigenvalue weighted by Crippen LogP contribution is 2.34. The van der Waals surface area contributed by atoms with E-state index in [1.54, 1.807) is 12.1 Å². The van der Waals surface area contributed by atoms with Crippen molar-refractivity contribution >= 4 is 45.0 Å². The van der Waals surface area contributed by atoms with Crippen LogP contribution in [0.3, 0.4) is 0 Å². The van der Waals surface area contributed by atoms with Crippen LogP contribution in [0.5, 0.6) is 0 Å². The molecule has 0 radical (unpaired) electrons. The fourth-order valence-electron chi connectivity index (χ4n) is 2.41. The number of benzene rings is 3. The zero-order valence-electron chi connectivity index (χ0n) is 10.9. The van der Waals surface area contributed by atoms with Crippen molar-refractivity contribution in [3.8, 4) is 0 Å². The lowest BCUT2D eigenvalue weighted by Gasteiger charge is -2.16. The summed E-state index contributed by atoms with van der Waals surface area (Å²) in [4.78, 5) is 0. The van der Waals surface area contributed by atoms with Gasteiger partial charge in [0.25, 0.3) is 0 Å². The highest BCUT2D eigenvalue weighted by Gasteiger charge is 2.17. The van der Waals surface area contributed by atoms with Crippen LogP contribution in [-0.2, 0) is 0 Å². The van der Waals surface area contributed by atoms with E-state index in [9.17, 15) is 9.50 Å². The van der Waals surface area contributed by atoms with E-state index in [0.29, 0.717) is 14.2 Å². The molecule has 0 saturated heterocycles. The Bertz CT molecular complexity index is 819. The van der Waals surface area contributed by atoms with Gasteiger partial charge in [-0.2, -0.15) is 0 Å². The molecule has 0 spiro atoms. The van der Waals surface area contributed by atoms with Crippen LogP contribution in [-0.4, -0.2) is 5.11 Å². The molecule has 0 aromatic heterocycles. The van der Waals surface area contributed by atoms with Gasteiger partial charge >= 0.3 is 0 Å². The molecule has 0 bridgehead atoms. The van der Waals surface area contributed by atoms with Crippen molar-refractivity contribution in [3.63, 3.8) is 0 Å². The van der Waals surface area contributed by atoms with Gasteiger partial charge in [0, 0.05) is 14.0 Å². The molecule has 0 amide bonds. The third kappa shape index (κ3) is 2.78. The van der Waals surface area contributed by atoms with E-state index in [2.05, 4.69) is 0 Å². The highest BCUT2D eigenvalue weighted by atomic mass is 127. The highest BCUT2D eigenvalue weighted by molar-refractivity contribution is 14.1. The van der Waals surface area contributed by atoms with Gasteiger partial charge in [-0.05, 0) is 57.3 Å². The Morgan fingerprint density at radius 1 is 0.952 bits per heavy atom. The molecule has 0 aliphatic rings. The number of aliphatic hydroxyl groups excluding tert-OH is 1. The molecule has 0 aliphatic heterocycles. The number of hydrogen-bond acceptors (Lipinski definition) is 1. The summed E-state index contributed by atoms with van der Waals surface area (Å²) < 4.78 is 13.9. The number of aliphatic hydroxyl groups is 1. The van der Waals surface area contributed by atoms with Crippen molar-refractivity contribution in [2.45, 2.75) is 6.10 Å². The molecule has 3 aromatic carbocycles. The first kappa shape index (κ1) is 14.8. The molecular formula is C17H11ClFIO. The second-order valence-electron chi connectivity index (χ2n) is 4.75. The number of hydrogen-bond donors (Lipinski definition) is 1. The van der Waals surface area contributed by atoms with Crippen molar-refractivity contribution in [1.29, 1.82) is 0 Å². The van der Waals surface area contributed by atoms with Crippen LogP contribution >= 0.6 is 34.2 Å². The Morgan fingerprint density at radius 3 is 2.33 bits per heavy atom. The van der Waals surface area contributed by atoms with Crippen molar-refractivity contribution in [2.24, 2.45) is 0 Å². The van der Waals surface area contributed by atoms with Gasteiger partial charge in [0.1, 0.15) is 11.9 Å². The normalized spacial score (nSPS) is 12.6. The standard InChI is InChI=1S/C17H11ClFIO/c18-15-8-7-13(11-3-1-2-4-12(11)15)17(21)14-6-5-10(19)9-16(14)20/h1-9,17,21H. The molecule has 1 N–H and O–H groups in total. The minimum atomic E-state index is -0.820. The topological polar surface area (TPSA) is 20.2 Å². The molecule has 0 saturated carbocycles. The first-order valence-corrected chi connectivity index (χ1v) is 7.84. The summed E-state index contributed by atoms with van der Waals surface area (Å²) in [5, 5.41) is 13.1. The average molecular weight is 413 g/mol. The third-order valence-electron chi connectivity index (χ3n) is 3.46. The number of rotatable bonds is 2. The molecule has 0 fully saturated rings. The van der Waals surface area contributed by atoms with Crippen LogP contribution in [0.2, 0.25) is 5.02 Å². The second-order valence-corrected chi connectivity index (χ2v) is 6.32. The Labute approximate surface area is 140 Å². The minimum Gasteiger partial charge on any atom is -0.384 e. The predicted molar refractivity (Wildman–Crippen MR) is 92.1 cm³/mol. The molecular weight excluding hydrogens is 402 g/mol. The summed E-state index contributed by atoms with van der Waals surface area (Å²) >= 11 is 8.23. The largest absolute Gasteiger partial charge is 0.384 e. The molecule has 1 unspecified atom stereocenters. The van der Waals surface area contributed by atoms with Gasteiger partial charge in [-0.3, -0.25) is 0 Å². The van der Waals surface area contributed by atoms with E-state index >= 15 is 0 Å². The molecule has 1 nitrogen and oxygen atoms in total.